The van der Waals surface area contributed by atoms with E-state index in [0.717, 1.165) is 11.3 Å². The smallest absolute Gasteiger partial charge is 0.330 e. The average molecular weight is 297 g/mol. The van der Waals surface area contributed by atoms with Crippen molar-refractivity contribution in [3.8, 4) is 0 Å². The molecule has 1 fully saturated rings. The number of carbonyl (C=O) groups excluding carboxylic acids is 4. The average Bonchev–Trinajstić information content (AvgIpc) is 2.46. The van der Waals surface area contributed by atoms with Crippen LogP contribution in [0.1, 0.15) is 46.5 Å². The lowest BCUT2D eigenvalue weighted by Gasteiger charge is -2.38. The minimum Gasteiger partial charge on any atom is -0.356 e. The zero-order chi connectivity index (χ0) is 16.0. The highest BCUT2D eigenvalue weighted by Crippen LogP contribution is 2.32. The topological polar surface area (TPSA) is 95.6 Å². The van der Waals surface area contributed by atoms with Gasteiger partial charge in [0, 0.05) is 19.5 Å². The van der Waals surface area contributed by atoms with Gasteiger partial charge >= 0.3 is 6.03 Å². The fourth-order valence-electron chi connectivity index (χ4n) is 2.37. The van der Waals surface area contributed by atoms with Gasteiger partial charge < -0.3 is 5.32 Å². The maximum Gasteiger partial charge on any atom is 0.330 e. The van der Waals surface area contributed by atoms with Crippen LogP contribution in [0.25, 0.3) is 0 Å². The lowest BCUT2D eigenvalue weighted by atomic mass is 9.78. The van der Waals surface area contributed by atoms with E-state index in [1.165, 1.54) is 0 Å². The van der Waals surface area contributed by atoms with Gasteiger partial charge in [0.15, 0.2) is 0 Å². The van der Waals surface area contributed by atoms with Crippen molar-refractivity contribution >= 4 is 23.8 Å². The Morgan fingerprint density at radius 3 is 2.33 bits per heavy atom. The van der Waals surface area contributed by atoms with Crippen molar-refractivity contribution in [2.24, 2.45) is 5.41 Å². The third kappa shape index (κ3) is 3.40. The Morgan fingerprint density at radius 2 is 1.81 bits per heavy atom. The summed E-state index contributed by atoms with van der Waals surface area (Å²) in [6.45, 7) is 5.96. The molecule has 0 atom stereocenters. The van der Waals surface area contributed by atoms with E-state index in [1.807, 2.05) is 6.92 Å². The lowest BCUT2D eigenvalue weighted by Crippen LogP contribution is -2.63. The van der Waals surface area contributed by atoms with Crippen LogP contribution in [0.2, 0.25) is 0 Å². The quantitative estimate of drug-likeness (QED) is 0.679. The predicted molar refractivity (Wildman–Crippen MR) is 76.2 cm³/mol. The normalized spacial score (nSPS) is 17.7. The SMILES string of the molecule is CCCNC(=O)CCN1C(=O)NC(=O)C(CC)(CC)C1=O. The molecule has 0 radical (unpaired) electrons. The molecular formula is C14H23N3O4. The molecule has 0 unspecified atom stereocenters. The van der Waals surface area contributed by atoms with Crippen LogP contribution < -0.4 is 10.6 Å². The van der Waals surface area contributed by atoms with Crippen molar-refractivity contribution in [3.63, 3.8) is 0 Å². The molecule has 7 nitrogen and oxygen atoms in total. The van der Waals surface area contributed by atoms with Crippen molar-refractivity contribution in [1.82, 2.24) is 15.5 Å². The summed E-state index contributed by atoms with van der Waals surface area (Å²) in [4.78, 5) is 48.8. The molecule has 0 aromatic rings. The first-order valence-electron chi connectivity index (χ1n) is 7.37. The Morgan fingerprint density at radius 1 is 1.19 bits per heavy atom. The second kappa shape index (κ2) is 7.19. The number of hydrogen-bond acceptors (Lipinski definition) is 4. The van der Waals surface area contributed by atoms with Gasteiger partial charge in [-0.25, -0.2) is 4.79 Å². The van der Waals surface area contributed by atoms with Gasteiger partial charge in [0.1, 0.15) is 5.41 Å². The number of nitrogens with zero attached hydrogens (tertiary/aromatic N) is 1. The first-order chi connectivity index (χ1) is 9.92. The van der Waals surface area contributed by atoms with Crippen LogP contribution >= 0.6 is 0 Å². The first kappa shape index (κ1) is 17.1. The summed E-state index contributed by atoms with van der Waals surface area (Å²) >= 11 is 0. The number of carbonyl (C=O) groups is 4. The first-order valence-corrected chi connectivity index (χ1v) is 7.37. The summed E-state index contributed by atoms with van der Waals surface area (Å²) in [5, 5.41) is 4.90. The number of barbiturate groups is 1. The predicted octanol–water partition coefficient (Wildman–Crippen LogP) is 0.787. The molecule has 7 heteroatoms. The van der Waals surface area contributed by atoms with E-state index in [4.69, 9.17) is 0 Å². The van der Waals surface area contributed by atoms with Crippen LogP contribution in [0.3, 0.4) is 0 Å². The van der Waals surface area contributed by atoms with Gasteiger partial charge in [-0.15, -0.1) is 0 Å². The fourth-order valence-corrected chi connectivity index (χ4v) is 2.37. The Bertz CT molecular complexity index is 444. The molecule has 0 aromatic carbocycles. The van der Waals surface area contributed by atoms with E-state index >= 15 is 0 Å². The van der Waals surface area contributed by atoms with Gasteiger partial charge in [-0.05, 0) is 19.3 Å². The van der Waals surface area contributed by atoms with E-state index in [-0.39, 0.29) is 18.9 Å². The minimum atomic E-state index is -1.20. The maximum atomic E-state index is 12.5. The summed E-state index contributed by atoms with van der Waals surface area (Å²) in [7, 11) is 0. The van der Waals surface area contributed by atoms with Crippen LogP contribution in [0.4, 0.5) is 4.79 Å². The summed E-state index contributed by atoms with van der Waals surface area (Å²) in [6, 6.07) is -0.745. The molecule has 0 spiro atoms. The summed E-state index contributed by atoms with van der Waals surface area (Å²) in [5.41, 5.74) is -1.20. The number of rotatable bonds is 7. The van der Waals surface area contributed by atoms with Crippen LogP contribution in [0, 0.1) is 5.41 Å². The molecule has 21 heavy (non-hydrogen) atoms. The molecule has 5 amide bonds. The molecule has 2 N–H and O–H groups in total. The standard InChI is InChI=1S/C14H23N3O4/c1-4-8-15-10(18)7-9-17-12(20)14(5-2,6-3)11(19)16-13(17)21/h4-9H2,1-3H3,(H,15,18)(H,16,19,21). The molecule has 1 aliphatic heterocycles. The van der Waals surface area contributed by atoms with Crippen LogP contribution in [-0.2, 0) is 14.4 Å². The van der Waals surface area contributed by atoms with Gasteiger partial charge in [0.2, 0.25) is 17.7 Å². The fraction of sp³-hybridized carbons (Fsp3) is 0.714. The van der Waals surface area contributed by atoms with E-state index in [9.17, 15) is 19.2 Å². The van der Waals surface area contributed by atoms with Gasteiger partial charge in [-0.2, -0.15) is 0 Å². The molecule has 1 rings (SSSR count). The second-order valence-electron chi connectivity index (χ2n) is 5.11. The molecule has 1 aliphatic rings. The molecule has 1 saturated heterocycles. The summed E-state index contributed by atoms with van der Waals surface area (Å²) < 4.78 is 0. The van der Waals surface area contributed by atoms with Gasteiger partial charge in [-0.1, -0.05) is 20.8 Å². The van der Waals surface area contributed by atoms with Crippen molar-refractivity contribution in [2.45, 2.75) is 46.5 Å². The maximum absolute atomic E-state index is 12.5. The number of imide groups is 2. The lowest BCUT2D eigenvalue weighted by molar-refractivity contribution is -0.152. The zero-order valence-electron chi connectivity index (χ0n) is 12.8. The third-order valence-electron chi connectivity index (χ3n) is 3.90. The van der Waals surface area contributed by atoms with E-state index < -0.39 is 23.3 Å². The Labute approximate surface area is 124 Å². The highest BCUT2D eigenvalue weighted by atomic mass is 16.2. The molecule has 0 bridgehead atoms. The van der Waals surface area contributed by atoms with Crippen molar-refractivity contribution in [2.75, 3.05) is 13.1 Å². The third-order valence-corrected chi connectivity index (χ3v) is 3.90. The summed E-state index contributed by atoms with van der Waals surface area (Å²) in [6.07, 6.45) is 1.50. The molecule has 1 heterocycles. The van der Waals surface area contributed by atoms with Crippen molar-refractivity contribution in [3.05, 3.63) is 0 Å². The van der Waals surface area contributed by atoms with Gasteiger partial charge in [0.25, 0.3) is 0 Å². The molecule has 0 aliphatic carbocycles. The molecule has 0 aromatic heterocycles. The van der Waals surface area contributed by atoms with Crippen LogP contribution in [-0.4, -0.2) is 41.7 Å². The van der Waals surface area contributed by atoms with Crippen molar-refractivity contribution < 1.29 is 19.2 Å². The van der Waals surface area contributed by atoms with E-state index in [2.05, 4.69) is 10.6 Å². The van der Waals surface area contributed by atoms with Crippen molar-refractivity contribution in [1.29, 1.82) is 0 Å². The highest BCUT2D eigenvalue weighted by molar-refractivity contribution is 6.19. The molecular weight excluding hydrogens is 274 g/mol. The molecule has 118 valence electrons. The zero-order valence-corrected chi connectivity index (χ0v) is 12.8. The summed E-state index contributed by atoms with van der Waals surface area (Å²) in [5.74, 6) is -1.27. The monoisotopic (exact) mass is 297 g/mol. The number of urea groups is 1. The largest absolute Gasteiger partial charge is 0.356 e. The molecule has 0 saturated carbocycles. The number of hydrogen-bond donors (Lipinski definition) is 2. The Kier molecular flexibility index (Phi) is 5.87. The number of amides is 5. The Balaban J connectivity index is 2.77. The van der Waals surface area contributed by atoms with Crippen LogP contribution in [0.15, 0.2) is 0 Å². The Hall–Kier alpha value is -1.92. The van der Waals surface area contributed by atoms with E-state index in [1.54, 1.807) is 13.8 Å². The van der Waals surface area contributed by atoms with Gasteiger partial charge in [-0.3, -0.25) is 24.6 Å². The van der Waals surface area contributed by atoms with E-state index in [0.29, 0.717) is 19.4 Å². The number of nitrogens with one attached hydrogen (secondary N) is 2. The minimum absolute atomic E-state index is 0.0186. The van der Waals surface area contributed by atoms with Gasteiger partial charge in [0.05, 0.1) is 0 Å². The second-order valence-corrected chi connectivity index (χ2v) is 5.11. The highest BCUT2D eigenvalue weighted by Gasteiger charge is 2.51. The van der Waals surface area contributed by atoms with Crippen LogP contribution in [0.5, 0.6) is 0 Å².